The summed E-state index contributed by atoms with van der Waals surface area (Å²) in [7, 11) is 0. The van der Waals surface area contributed by atoms with Crippen LogP contribution in [0.25, 0.3) is 11.2 Å². The largest absolute Gasteiger partial charge is 0.393 e. The van der Waals surface area contributed by atoms with E-state index in [1.807, 2.05) is 6.07 Å². The van der Waals surface area contributed by atoms with Gasteiger partial charge in [0.25, 0.3) is 0 Å². The first-order valence-electron chi connectivity index (χ1n) is 6.86. The second-order valence-electron chi connectivity index (χ2n) is 4.85. The minimum Gasteiger partial charge on any atom is -0.393 e. The molecule has 0 amide bonds. The number of pyridine rings is 1. The Morgan fingerprint density at radius 3 is 2.75 bits per heavy atom. The molecule has 0 aliphatic carbocycles. The quantitative estimate of drug-likeness (QED) is 0.827. The van der Waals surface area contributed by atoms with E-state index in [1.54, 1.807) is 6.20 Å². The first kappa shape index (κ1) is 15.2. The van der Waals surface area contributed by atoms with Crippen LogP contribution < -0.4 is 5.73 Å². The van der Waals surface area contributed by atoms with Gasteiger partial charge in [0.15, 0.2) is 5.65 Å². The van der Waals surface area contributed by atoms with Crippen LogP contribution in [0.4, 0.5) is 0 Å². The van der Waals surface area contributed by atoms with Crippen molar-refractivity contribution >= 4 is 40.0 Å². The van der Waals surface area contributed by atoms with Crippen molar-refractivity contribution in [3.05, 3.63) is 23.1 Å². The summed E-state index contributed by atoms with van der Waals surface area (Å²) >= 11 is 11.0. The van der Waals surface area contributed by atoms with Gasteiger partial charge in [-0.3, -0.25) is 0 Å². The Balaban J connectivity index is 2.52. The first-order valence-corrected chi connectivity index (χ1v) is 7.65. The summed E-state index contributed by atoms with van der Waals surface area (Å²) in [5, 5.41) is 0.604. The lowest BCUT2D eigenvalue weighted by molar-refractivity contribution is 0.557. The van der Waals surface area contributed by atoms with Gasteiger partial charge in [0, 0.05) is 25.1 Å². The predicted molar refractivity (Wildman–Crippen MR) is 87.3 cm³/mol. The molecule has 4 nitrogen and oxygen atoms in total. The second-order valence-corrected chi connectivity index (χ2v) is 5.81. The SMILES string of the molecule is CCC(CC)c1nc2cc(Cl)cnc2n1CCC(N)=S. The van der Waals surface area contributed by atoms with Crippen LogP contribution in [0, 0.1) is 0 Å². The van der Waals surface area contributed by atoms with Gasteiger partial charge in [-0.05, 0) is 18.9 Å². The van der Waals surface area contributed by atoms with E-state index < -0.39 is 0 Å². The number of fused-ring (bicyclic) bond motifs is 1. The van der Waals surface area contributed by atoms with E-state index in [4.69, 9.17) is 34.5 Å². The van der Waals surface area contributed by atoms with Crippen LogP contribution in [-0.4, -0.2) is 19.5 Å². The highest BCUT2D eigenvalue weighted by Gasteiger charge is 2.18. The number of aryl methyl sites for hydroxylation is 1. The van der Waals surface area contributed by atoms with E-state index in [-0.39, 0.29) is 0 Å². The molecule has 0 fully saturated rings. The number of aromatic nitrogens is 3. The minimum absolute atomic E-state index is 0.411. The Bertz CT molecular complexity index is 619. The fourth-order valence-electron chi connectivity index (χ4n) is 2.41. The number of nitrogens with two attached hydrogens (primary N) is 1. The fourth-order valence-corrected chi connectivity index (χ4v) is 2.66. The lowest BCUT2D eigenvalue weighted by atomic mass is 10.0. The summed E-state index contributed by atoms with van der Waals surface area (Å²) in [5.74, 6) is 1.46. The molecule has 2 aromatic heterocycles. The van der Waals surface area contributed by atoms with Gasteiger partial charge in [0.05, 0.1) is 10.0 Å². The molecule has 2 heterocycles. The molecule has 0 aliphatic rings. The highest BCUT2D eigenvalue weighted by atomic mass is 35.5. The van der Waals surface area contributed by atoms with Crippen molar-refractivity contribution in [2.75, 3.05) is 0 Å². The topological polar surface area (TPSA) is 56.7 Å². The number of hydrogen-bond acceptors (Lipinski definition) is 3. The lowest BCUT2D eigenvalue weighted by Gasteiger charge is -2.14. The third-order valence-corrected chi connectivity index (χ3v) is 3.92. The molecular formula is C14H19ClN4S. The molecule has 20 heavy (non-hydrogen) atoms. The number of halogens is 1. The van der Waals surface area contributed by atoms with Gasteiger partial charge >= 0.3 is 0 Å². The molecule has 6 heteroatoms. The molecule has 0 bridgehead atoms. The van der Waals surface area contributed by atoms with Gasteiger partial charge in [-0.2, -0.15) is 0 Å². The van der Waals surface area contributed by atoms with E-state index in [0.717, 1.165) is 29.8 Å². The monoisotopic (exact) mass is 310 g/mol. The van der Waals surface area contributed by atoms with Gasteiger partial charge in [-0.15, -0.1) is 0 Å². The van der Waals surface area contributed by atoms with Crippen molar-refractivity contribution in [1.82, 2.24) is 14.5 Å². The zero-order valence-corrected chi connectivity index (χ0v) is 13.3. The molecular weight excluding hydrogens is 292 g/mol. The van der Waals surface area contributed by atoms with Crippen LogP contribution in [-0.2, 0) is 6.54 Å². The standard InChI is InChI=1S/C14H19ClN4S/c1-3-9(4-2)13-18-11-7-10(15)8-17-14(11)19(13)6-5-12(16)20/h7-9H,3-6H2,1-2H3,(H2,16,20). The summed E-state index contributed by atoms with van der Waals surface area (Å²) in [6, 6.07) is 1.85. The summed E-state index contributed by atoms with van der Waals surface area (Å²) in [4.78, 5) is 9.65. The molecule has 0 aliphatic heterocycles. The number of thiocarbonyl (C=S) groups is 1. The van der Waals surface area contributed by atoms with Crippen molar-refractivity contribution in [1.29, 1.82) is 0 Å². The molecule has 2 rings (SSSR count). The lowest BCUT2D eigenvalue weighted by Crippen LogP contribution is -2.15. The third-order valence-electron chi connectivity index (χ3n) is 3.51. The molecule has 0 saturated carbocycles. The average molecular weight is 311 g/mol. The van der Waals surface area contributed by atoms with Crippen molar-refractivity contribution in [2.24, 2.45) is 5.73 Å². The zero-order valence-electron chi connectivity index (χ0n) is 11.8. The maximum absolute atomic E-state index is 6.00. The Hall–Kier alpha value is -1.20. The molecule has 0 saturated heterocycles. The Morgan fingerprint density at radius 1 is 1.45 bits per heavy atom. The van der Waals surface area contributed by atoms with E-state index in [2.05, 4.69) is 23.4 Å². The van der Waals surface area contributed by atoms with Crippen LogP contribution in [0.2, 0.25) is 5.02 Å². The highest BCUT2D eigenvalue weighted by molar-refractivity contribution is 7.80. The minimum atomic E-state index is 0.411. The van der Waals surface area contributed by atoms with Gasteiger partial charge in [0.1, 0.15) is 11.3 Å². The van der Waals surface area contributed by atoms with Crippen molar-refractivity contribution in [3.63, 3.8) is 0 Å². The van der Waals surface area contributed by atoms with Crippen LogP contribution in [0.1, 0.15) is 44.9 Å². The molecule has 0 spiro atoms. The maximum atomic E-state index is 6.00. The molecule has 2 N–H and O–H groups in total. The van der Waals surface area contributed by atoms with E-state index in [9.17, 15) is 0 Å². The van der Waals surface area contributed by atoms with E-state index in [1.165, 1.54) is 0 Å². The molecule has 0 aromatic carbocycles. The van der Waals surface area contributed by atoms with Crippen LogP contribution in [0.5, 0.6) is 0 Å². The Labute approximate surface area is 129 Å². The maximum Gasteiger partial charge on any atom is 0.160 e. The molecule has 0 radical (unpaired) electrons. The second kappa shape index (κ2) is 6.50. The van der Waals surface area contributed by atoms with Crippen LogP contribution >= 0.6 is 23.8 Å². The normalized spacial score (nSPS) is 11.4. The van der Waals surface area contributed by atoms with Crippen molar-refractivity contribution < 1.29 is 0 Å². The number of imidazole rings is 1. The summed E-state index contributed by atoms with van der Waals surface area (Å²) < 4.78 is 2.13. The van der Waals surface area contributed by atoms with Crippen LogP contribution in [0.3, 0.4) is 0 Å². The predicted octanol–water partition coefficient (Wildman–Crippen LogP) is 3.66. The highest BCUT2D eigenvalue weighted by Crippen LogP contribution is 2.27. The third kappa shape index (κ3) is 3.10. The summed E-state index contributed by atoms with van der Waals surface area (Å²) in [6.07, 6.45) is 4.39. The van der Waals surface area contributed by atoms with E-state index in [0.29, 0.717) is 28.9 Å². The van der Waals surface area contributed by atoms with E-state index >= 15 is 0 Å². The zero-order chi connectivity index (χ0) is 14.7. The van der Waals surface area contributed by atoms with Crippen molar-refractivity contribution in [3.8, 4) is 0 Å². The number of nitrogens with zero attached hydrogens (tertiary/aromatic N) is 3. The van der Waals surface area contributed by atoms with Crippen molar-refractivity contribution in [2.45, 2.75) is 45.6 Å². The first-order chi connectivity index (χ1) is 9.56. The molecule has 108 valence electrons. The van der Waals surface area contributed by atoms with Gasteiger partial charge in [0.2, 0.25) is 0 Å². The molecule has 2 aromatic rings. The number of hydrogen-bond donors (Lipinski definition) is 1. The van der Waals surface area contributed by atoms with Crippen LogP contribution in [0.15, 0.2) is 12.3 Å². The number of rotatable bonds is 6. The van der Waals surface area contributed by atoms with Gasteiger partial charge in [-0.25, -0.2) is 9.97 Å². The smallest absolute Gasteiger partial charge is 0.160 e. The average Bonchev–Trinajstić information content (AvgIpc) is 2.75. The molecule has 0 unspecified atom stereocenters. The molecule has 0 atom stereocenters. The van der Waals surface area contributed by atoms with Gasteiger partial charge in [-0.1, -0.05) is 37.7 Å². The van der Waals surface area contributed by atoms with Gasteiger partial charge < -0.3 is 10.3 Å². The summed E-state index contributed by atoms with van der Waals surface area (Å²) in [5.41, 5.74) is 7.31. The Morgan fingerprint density at radius 2 is 2.15 bits per heavy atom. The fraction of sp³-hybridized carbons (Fsp3) is 0.500. The Kier molecular flexibility index (Phi) is 4.94. The summed E-state index contributed by atoms with van der Waals surface area (Å²) in [6.45, 7) is 5.06.